The van der Waals surface area contributed by atoms with Gasteiger partial charge in [0.1, 0.15) is 18.2 Å². The summed E-state index contributed by atoms with van der Waals surface area (Å²) in [6.45, 7) is 2.25. The van der Waals surface area contributed by atoms with Crippen LogP contribution in [0.4, 0.5) is 9.18 Å². The molecule has 4 rings (SSSR count). The molecule has 7 heteroatoms. The quantitative estimate of drug-likeness (QED) is 0.345. The van der Waals surface area contributed by atoms with Crippen LogP contribution in [0.15, 0.2) is 76.1 Å². The summed E-state index contributed by atoms with van der Waals surface area (Å²) in [7, 11) is 0. The molecule has 1 fully saturated rings. The van der Waals surface area contributed by atoms with E-state index in [9.17, 15) is 14.0 Å². The van der Waals surface area contributed by atoms with Gasteiger partial charge in [-0.25, -0.2) is 4.39 Å². The Morgan fingerprint density at radius 2 is 1.81 bits per heavy atom. The third kappa shape index (κ3) is 5.11. The molecule has 0 N–H and O–H groups in total. The monoisotopic (exact) mass is 511 g/mol. The van der Waals surface area contributed by atoms with Crippen molar-refractivity contribution in [2.24, 2.45) is 0 Å². The maximum Gasteiger partial charge on any atom is 0.293 e. The van der Waals surface area contributed by atoms with Crippen molar-refractivity contribution in [1.29, 1.82) is 0 Å². The van der Waals surface area contributed by atoms with Gasteiger partial charge in [0.25, 0.3) is 11.1 Å². The van der Waals surface area contributed by atoms with Gasteiger partial charge in [0.2, 0.25) is 0 Å². The average Bonchev–Trinajstić information content (AvgIpc) is 3.03. The molecule has 2 amide bonds. The second-order valence-corrected chi connectivity index (χ2v) is 9.22. The van der Waals surface area contributed by atoms with Crippen molar-refractivity contribution in [3.63, 3.8) is 0 Å². The summed E-state index contributed by atoms with van der Waals surface area (Å²) in [6, 6.07) is 19.5. The number of hydrogen-bond donors (Lipinski definition) is 0. The molecule has 32 heavy (non-hydrogen) atoms. The molecule has 0 atom stereocenters. The molecule has 1 aliphatic heterocycles. The van der Waals surface area contributed by atoms with Crippen molar-refractivity contribution in [2.75, 3.05) is 0 Å². The van der Waals surface area contributed by atoms with Crippen LogP contribution in [0, 0.1) is 12.7 Å². The van der Waals surface area contributed by atoms with E-state index in [0.717, 1.165) is 27.4 Å². The Labute approximate surface area is 198 Å². The largest absolute Gasteiger partial charge is 0.488 e. The van der Waals surface area contributed by atoms with Crippen LogP contribution in [0.5, 0.6) is 5.75 Å². The van der Waals surface area contributed by atoms with Crippen LogP contribution in [-0.4, -0.2) is 16.0 Å². The maximum absolute atomic E-state index is 13.9. The van der Waals surface area contributed by atoms with Crippen LogP contribution in [-0.2, 0) is 17.9 Å². The Morgan fingerprint density at radius 1 is 1.06 bits per heavy atom. The van der Waals surface area contributed by atoms with Crippen molar-refractivity contribution in [2.45, 2.75) is 20.1 Å². The molecule has 3 aromatic rings. The molecule has 1 heterocycles. The van der Waals surface area contributed by atoms with Crippen LogP contribution in [0.3, 0.4) is 0 Å². The lowest BCUT2D eigenvalue weighted by atomic mass is 10.1. The molecule has 0 radical (unpaired) electrons. The highest BCUT2D eigenvalue weighted by Gasteiger charge is 2.35. The van der Waals surface area contributed by atoms with Gasteiger partial charge in [0, 0.05) is 15.6 Å². The number of aryl methyl sites for hydroxylation is 1. The van der Waals surface area contributed by atoms with Gasteiger partial charge in [0.05, 0.1) is 11.4 Å². The van der Waals surface area contributed by atoms with E-state index in [1.807, 2.05) is 31.2 Å². The van der Waals surface area contributed by atoms with E-state index >= 15 is 0 Å². The first-order valence-electron chi connectivity index (χ1n) is 9.87. The first-order chi connectivity index (χ1) is 15.4. The highest BCUT2D eigenvalue weighted by atomic mass is 79.9. The summed E-state index contributed by atoms with van der Waals surface area (Å²) in [5.41, 5.74) is 3.05. The van der Waals surface area contributed by atoms with Crippen LogP contribution in [0.1, 0.15) is 22.3 Å². The number of halogens is 2. The molecule has 0 aromatic heterocycles. The molecule has 162 valence electrons. The van der Waals surface area contributed by atoms with Gasteiger partial charge in [-0.2, -0.15) is 0 Å². The lowest BCUT2D eigenvalue weighted by Crippen LogP contribution is -2.27. The third-order valence-electron chi connectivity index (χ3n) is 4.93. The number of hydrogen-bond acceptors (Lipinski definition) is 4. The summed E-state index contributed by atoms with van der Waals surface area (Å²) in [6.07, 6.45) is 1.64. The second-order valence-electron chi connectivity index (χ2n) is 7.32. The smallest absolute Gasteiger partial charge is 0.293 e. The standard InChI is InChI=1S/C25H19BrFNO3S/c1-16-6-8-17(9-7-16)14-28-24(29)23(32-25(28)30)13-19-12-20(26)10-11-22(19)31-15-18-4-2-3-5-21(18)27/h2-13H,14-15H2,1H3/b23-13-. The van der Waals surface area contributed by atoms with Crippen LogP contribution >= 0.6 is 27.7 Å². The van der Waals surface area contributed by atoms with Crippen molar-refractivity contribution in [3.8, 4) is 5.75 Å². The van der Waals surface area contributed by atoms with E-state index < -0.39 is 0 Å². The van der Waals surface area contributed by atoms with Crippen molar-refractivity contribution in [3.05, 3.63) is 104 Å². The van der Waals surface area contributed by atoms with E-state index in [-0.39, 0.29) is 30.1 Å². The molecular formula is C25H19BrFNO3S. The van der Waals surface area contributed by atoms with Crippen molar-refractivity contribution < 1.29 is 18.7 Å². The fourth-order valence-corrected chi connectivity index (χ4v) is 4.40. The zero-order valence-electron chi connectivity index (χ0n) is 17.2. The van der Waals surface area contributed by atoms with Crippen LogP contribution in [0.25, 0.3) is 6.08 Å². The molecule has 0 aliphatic carbocycles. The molecule has 0 spiro atoms. The second kappa shape index (κ2) is 9.71. The summed E-state index contributed by atoms with van der Waals surface area (Å²) in [4.78, 5) is 27.0. The molecular weight excluding hydrogens is 493 g/mol. The van der Waals surface area contributed by atoms with E-state index in [4.69, 9.17) is 4.74 Å². The van der Waals surface area contributed by atoms with Crippen LogP contribution < -0.4 is 4.74 Å². The number of carbonyl (C=O) groups is 2. The Hall–Kier alpha value is -2.90. The predicted octanol–water partition coefficient (Wildman–Crippen LogP) is 6.71. The van der Waals surface area contributed by atoms with Crippen molar-refractivity contribution >= 4 is 44.9 Å². The SMILES string of the molecule is Cc1ccc(CN2C(=O)S/C(=C\c3cc(Br)ccc3OCc3ccccc3F)C2=O)cc1. The zero-order valence-corrected chi connectivity index (χ0v) is 19.6. The minimum Gasteiger partial charge on any atom is -0.488 e. The predicted molar refractivity (Wildman–Crippen MR) is 128 cm³/mol. The van der Waals surface area contributed by atoms with E-state index in [2.05, 4.69) is 15.9 Å². The minimum absolute atomic E-state index is 0.0457. The highest BCUT2D eigenvalue weighted by molar-refractivity contribution is 9.10. The number of thioether (sulfide) groups is 1. The first-order valence-corrected chi connectivity index (χ1v) is 11.5. The molecule has 0 bridgehead atoms. The fraction of sp³-hybridized carbons (Fsp3) is 0.120. The summed E-state index contributed by atoms with van der Waals surface area (Å²) in [5, 5.41) is -0.314. The molecule has 4 nitrogen and oxygen atoms in total. The third-order valence-corrected chi connectivity index (χ3v) is 6.33. The Balaban J connectivity index is 1.55. The van der Waals surface area contributed by atoms with Gasteiger partial charge in [-0.3, -0.25) is 14.5 Å². The minimum atomic E-state index is -0.347. The molecule has 3 aromatic carbocycles. The Kier molecular flexibility index (Phi) is 6.77. The van der Waals surface area contributed by atoms with Gasteiger partial charge in [-0.15, -0.1) is 0 Å². The fourth-order valence-electron chi connectivity index (χ4n) is 3.19. The number of benzene rings is 3. The van der Waals surface area contributed by atoms with Crippen molar-refractivity contribution in [1.82, 2.24) is 4.90 Å². The van der Waals surface area contributed by atoms with Gasteiger partial charge in [-0.05, 0) is 54.6 Å². The van der Waals surface area contributed by atoms with Gasteiger partial charge in [0.15, 0.2) is 0 Å². The maximum atomic E-state index is 13.9. The van der Waals surface area contributed by atoms with Gasteiger partial charge in [-0.1, -0.05) is 64.0 Å². The normalized spacial score (nSPS) is 15.0. The topological polar surface area (TPSA) is 46.6 Å². The number of nitrogens with zero attached hydrogens (tertiary/aromatic N) is 1. The highest BCUT2D eigenvalue weighted by Crippen LogP contribution is 2.36. The molecule has 1 aliphatic rings. The van der Waals surface area contributed by atoms with E-state index in [1.54, 1.807) is 42.5 Å². The molecule has 1 saturated heterocycles. The summed E-state index contributed by atoms with van der Waals surface area (Å²) in [5.74, 6) is -0.203. The first kappa shape index (κ1) is 22.3. The van der Waals surface area contributed by atoms with E-state index in [0.29, 0.717) is 21.8 Å². The Bertz CT molecular complexity index is 1210. The summed E-state index contributed by atoms with van der Waals surface area (Å²) < 4.78 is 20.6. The number of carbonyl (C=O) groups excluding carboxylic acids is 2. The number of ether oxygens (including phenoxy) is 1. The lowest BCUT2D eigenvalue weighted by Gasteiger charge is -2.13. The number of amides is 2. The average molecular weight is 512 g/mol. The number of rotatable bonds is 6. The zero-order chi connectivity index (χ0) is 22.7. The molecule has 0 unspecified atom stereocenters. The van der Waals surface area contributed by atoms with E-state index in [1.165, 1.54) is 11.0 Å². The van der Waals surface area contributed by atoms with Gasteiger partial charge < -0.3 is 4.74 Å². The number of imide groups is 1. The lowest BCUT2D eigenvalue weighted by molar-refractivity contribution is -0.123. The molecule has 0 saturated carbocycles. The Morgan fingerprint density at radius 3 is 2.56 bits per heavy atom. The van der Waals surface area contributed by atoms with Crippen LogP contribution in [0.2, 0.25) is 0 Å². The van der Waals surface area contributed by atoms with Gasteiger partial charge >= 0.3 is 0 Å². The summed E-state index contributed by atoms with van der Waals surface area (Å²) >= 11 is 4.33.